The number of rotatable bonds is 3. The molecule has 0 aliphatic carbocycles. The first-order valence-electron chi connectivity index (χ1n) is 9.89. The molecular formula is C23H28N4S. The van der Waals surface area contributed by atoms with Crippen molar-refractivity contribution in [1.82, 2.24) is 15.2 Å². The van der Waals surface area contributed by atoms with Gasteiger partial charge in [0.25, 0.3) is 0 Å². The van der Waals surface area contributed by atoms with Crippen LogP contribution in [0.4, 0.5) is 5.69 Å². The lowest BCUT2D eigenvalue weighted by Gasteiger charge is -2.41. The number of benzene rings is 1. The van der Waals surface area contributed by atoms with E-state index in [1.165, 1.54) is 22.4 Å². The topological polar surface area (TPSA) is 31.4 Å². The highest BCUT2D eigenvalue weighted by Gasteiger charge is 2.39. The minimum atomic E-state index is 0.0149. The largest absolute Gasteiger partial charge is 0.366 e. The van der Waals surface area contributed by atoms with E-state index in [2.05, 4.69) is 85.2 Å². The van der Waals surface area contributed by atoms with Crippen LogP contribution in [-0.4, -0.2) is 34.1 Å². The van der Waals surface area contributed by atoms with E-state index in [-0.39, 0.29) is 17.6 Å². The summed E-state index contributed by atoms with van der Waals surface area (Å²) in [5, 5.41) is 4.30. The maximum atomic E-state index is 5.65. The third-order valence-electron chi connectivity index (χ3n) is 6.12. The number of hydrogen-bond acceptors (Lipinski definition) is 3. The van der Waals surface area contributed by atoms with Gasteiger partial charge in [-0.1, -0.05) is 18.2 Å². The maximum absolute atomic E-state index is 5.65. The van der Waals surface area contributed by atoms with Gasteiger partial charge in [-0.15, -0.1) is 0 Å². The molecule has 0 unspecified atom stereocenters. The number of allylic oxidation sites excluding steroid dienone is 1. The molecule has 3 heterocycles. The zero-order valence-electron chi connectivity index (χ0n) is 17.2. The van der Waals surface area contributed by atoms with Crippen molar-refractivity contribution in [2.24, 2.45) is 0 Å². The third-order valence-corrected chi connectivity index (χ3v) is 6.47. The van der Waals surface area contributed by atoms with E-state index in [1.54, 1.807) is 0 Å². The fourth-order valence-electron chi connectivity index (χ4n) is 4.47. The lowest BCUT2D eigenvalue weighted by atomic mass is 9.86. The van der Waals surface area contributed by atoms with Crippen LogP contribution in [0.2, 0.25) is 0 Å². The number of fused-ring (bicyclic) bond motifs is 1. The van der Waals surface area contributed by atoms with E-state index in [1.807, 2.05) is 18.3 Å². The highest BCUT2D eigenvalue weighted by Crippen LogP contribution is 2.43. The number of nitrogens with zero attached hydrogens (tertiary/aromatic N) is 3. The SMILES string of the molecule is CCN1C(=S)N[C@H](c2ccccn2)[C@H]1c1ccc2c(c1)C(C)=CC(C)(C)N2C. The van der Waals surface area contributed by atoms with Gasteiger partial charge >= 0.3 is 0 Å². The highest BCUT2D eigenvalue weighted by molar-refractivity contribution is 7.80. The van der Waals surface area contributed by atoms with Crippen molar-refractivity contribution in [3.8, 4) is 0 Å². The number of likely N-dealkylation sites (N-methyl/N-ethyl adjacent to an activating group) is 2. The molecule has 0 saturated carbocycles. The van der Waals surface area contributed by atoms with Gasteiger partial charge in [-0.05, 0) is 75.3 Å². The summed E-state index contributed by atoms with van der Waals surface area (Å²) in [6.45, 7) is 9.73. The summed E-state index contributed by atoms with van der Waals surface area (Å²) < 4.78 is 0. The quantitative estimate of drug-likeness (QED) is 0.765. The fraction of sp³-hybridized carbons (Fsp3) is 0.391. The minimum absolute atomic E-state index is 0.0149. The second-order valence-electron chi connectivity index (χ2n) is 8.23. The van der Waals surface area contributed by atoms with Crippen molar-refractivity contribution in [2.45, 2.75) is 45.3 Å². The average molecular weight is 393 g/mol. The van der Waals surface area contributed by atoms with Gasteiger partial charge in [0.1, 0.15) is 0 Å². The van der Waals surface area contributed by atoms with E-state index >= 15 is 0 Å². The molecule has 2 aliphatic rings. The summed E-state index contributed by atoms with van der Waals surface area (Å²) >= 11 is 5.65. The Bertz CT molecular complexity index is 935. The Morgan fingerprint density at radius 1 is 1.21 bits per heavy atom. The van der Waals surface area contributed by atoms with Crippen molar-refractivity contribution < 1.29 is 0 Å². The predicted molar refractivity (Wildman–Crippen MR) is 120 cm³/mol. The minimum Gasteiger partial charge on any atom is -0.366 e. The second-order valence-corrected chi connectivity index (χ2v) is 8.62. The number of pyridine rings is 1. The number of nitrogens with one attached hydrogen (secondary N) is 1. The molecule has 2 atom stereocenters. The van der Waals surface area contributed by atoms with Gasteiger partial charge in [-0.2, -0.15) is 0 Å². The standard InChI is InChI=1S/C23H28N4S/c1-6-27-21(20(25-22(27)28)18-9-7-8-12-24-18)16-10-11-19-17(13-16)15(2)14-23(3,4)26(19)5/h7-14,20-21H,6H2,1-5H3,(H,25,28)/t20-,21-/m1/s1. The van der Waals surface area contributed by atoms with Gasteiger partial charge < -0.3 is 15.1 Å². The second kappa shape index (κ2) is 6.89. The number of hydrogen-bond donors (Lipinski definition) is 1. The molecule has 4 rings (SSSR count). The van der Waals surface area contributed by atoms with Gasteiger partial charge in [0, 0.05) is 31.0 Å². The Morgan fingerprint density at radius 3 is 2.68 bits per heavy atom. The van der Waals surface area contributed by atoms with Gasteiger partial charge in [-0.3, -0.25) is 4.98 Å². The van der Waals surface area contributed by atoms with E-state index in [9.17, 15) is 0 Å². The summed E-state index contributed by atoms with van der Waals surface area (Å²) in [5.74, 6) is 0. The molecule has 4 nitrogen and oxygen atoms in total. The molecule has 5 heteroatoms. The molecule has 1 aromatic carbocycles. The lowest BCUT2D eigenvalue weighted by molar-refractivity contribution is 0.330. The zero-order chi connectivity index (χ0) is 20.1. The van der Waals surface area contributed by atoms with E-state index in [0.29, 0.717) is 0 Å². The summed E-state index contributed by atoms with van der Waals surface area (Å²) in [7, 11) is 2.17. The van der Waals surface area contributed by atoms with Crippen LogP contribution in [0.25, 0.3) is 5.57 Å². The smallest absolute Gasteiger partial charge is 0.170 e. The Hall–Kier alpha value is -2.40. The monoisotopic (exact) mass is 392 g/mol. The molecule has 28 heavy (non-hydrogen) atoms. The first kappa shape index (κ1) is 18.9. The van der Waals surface area contributed by atoms with Crippen LogP contribution < -0.4 is 10.2 Å². The Balaban J connectivity index is 1.81. The Kier molecular flexibility index (Phi) is 4.66. The zero-order valence-corrected chi connectivity index (χ0v) is 18.0. The molecule has 0 amide bonds. The molecule has 146 valence electrons. The molecule has 2 aliphatic heterocycles. The molecule has 1 N–H and O–H groups in total. The van der Waals surface area contributed by atoms with E-state index in [0.717, 1.165) is 17.4 Å². The molecular weight excluding hydrogens is 364 g/mol. The van der Waals surface area contributed by atoms with Crippen LogP contribution in [0, 0.1) is 0 Å². The van der Waals surface area contributed by atoms with Gasteiger partial charge in [0.05, 0.1) is 23.3 Å². The summed E-state index contributed by atoms with van der Waals surface area (Å²) in [4.78, 5) is 9.23. The highest BCUT2D eigenvalue weighted by atomic mass is 32.1. The first-order chi connectivity index (χ1) is 13.3. The third kappa shape index (κ3) is 2.98. The summed E-state index contributed by atoms with van der Waals surface area (Å²) in [5.41, 5.74) is 6.21. The molecule has 1 aromatic heterocycles. The van der Waals surface area contributed by atoms with Crippen molar-refractivity contribution in [2.75, 3.05) is 18.5 Å². The fourth-order valence-corrected chi connectivity index (χ4v) is 4.84. The molecule has 0 bridgehead atoms. The van der Waals surface area contributed by atoms with Gasteiger partial charge in [0.2, 0.25) is 0 Å². The van der Waals surface area contributed by atoms with Crippen molar-refractivity contribution in [1.29, 1.82) is 0 Å². The number of aromatic nitrogens is 1. The molecule has 1 fully saturated rings. The molecule has 0 radical (unpaired) electrons. The van der Waals surface area contributed by atoms with Crippen LogP contribution >= 0.6 is 12.2 Å². The maximum Gasteiger partial charge on any atom is 0.170 e. The van der Waals surface area contributed by atoms with Crippen LogP contribution in [0.15, 0.2) is 48.7 Å². The summed E-state index contributed by atoms with van der Waals surface area (Å²) in [6, 6.07) is 13.1. The van der Waals surface area contributed by atoms with Crippen LogP contribution in [-0.2, 0) is 0 Å². The Labute approximate surface area is 173 Å². The van der Waals surface area contributed by atoms with Crippen LogP contribution in [0.3, 0.4) is 0 Å². The lowest BCUT2D eigenvalue weighted by Crippen LogP contribution is -2.42. The molecule has 1 saturated heterocycles. The number of anilines is 1. The average Bonchev–Trinajstić information content (AvgIpc) is 3.02. The van der Waals surface area contributed by atoms with Crippen LogP contribution in [0.5, 0.6) is 0 Å². The van der Waals surface area contributed by atoms with E-state index < -0.39 is 0 Å². The molecule has 2 aromatic rings. The van der Waals surface area contributed by atoms with Crippen molar-refractivity contribution in [3.05, 3.63) is 65.5 Å². The number of thiocarbonyl (C=S) groups is 1. The van der Waals surface area contributed by atoms with Gasteiger partial charge in [0.15, 0.2) is 5.11 Å². The predicted octanol–water partition coefficient (Wildman–Crippen LogP) is 4.71. The van der Waals surface area contributed by atoms with Crippen LogP contribution in [0.1, 0.15) is 56.6 Å². The van der Waals surface area contributed by atoms with Crippen molar-refractivity contribution in [3.63, 3.8) is 0 Å². The van der Waals surface area contributed by atoms with Gasteiger partial charge in [-0.25, -0.2) is 0 Å². The molecule has 0 spiro atoms. The summed E-state index contributed by atoms with van der Waals surface area (Å²) in [6.07, 6.45) is 4.20. The normalized spacial score (nSPS) is 23.3. The Morgan fingerprint density at radius 2 is 2.00 bits per heavy atom. The van der Waals surface area contributed by atoms with E-state index in [4.69, 9.17) is 12.2 Å². The van der Waals surface area contributed by atoms with Crippen molar-refractivity contribution >= 4 is 28.6 Å². The first-order valence-corrected chi connectivity index (χ1v) is 10.3.